The number of aryl methyl sites for hydroxylation is 1. The molecule has 2 nitrogen and oxygen atoms in total. The number of piperidine rings is 1. The molecule has 0 unspecified atom stereocenters. The number of hydrogen-bond donors (Lipinski definition) is 1. The molecule has 0 aliphatic carbocycles. The zero-order valence-corrected chi connectivity index (χ0v) is 12.4. The third-order valence-electron chi connectivity index (χ3n) is 4.06. The molecule has 0 spiro atoms. The number of likely N-dealkylation sites (tertiary alicyclic amines) is 1. The topological polar surface area (TPSA) is 23.5 Å². The minimum absolute atomic E-state index is 0.239. The minimum atomic E-state index is -4.53. The lowest BCUT2D eigenvalue weighted by Gasteiger charge is -2.39. The zero-order chi connectivity index (χ0) is 15.5. The average molecular weight is 322 g/mol. The van der Waals surface area contributed by atoms with Gasteiger partial charge in [-0.3, -0.25) is 0 Å². The summed E-state index contributed by atoms with van der Waals surface area (Å²) in [5.74, 6) is 0. The zero-order valence-electron chi connectivity index (χ0n) is 11.7. The lowest BCUT2D eigenvalue weighted by molar-refractivity contribution is -0.272. The summed E-state index contributed by atoms with van der Waals surface area (Å²) in [5, 5.41) is 10.3. The van der Waals surface area contributed by atoms with E-state index in [9.17, 15) is 18.3 Å². The molecule has 1 fully saturated rings. The highest BCUT2D eigenvalue weighted by molar-refractivity contribution is 6.30. The quantitative estimate of drug-likeness (QED) is 0.915. The highest BCUT2D eigenvalue weighted by Gasteiger charge is 2.54. The van der Waals surface area contributed by atoms with E-state index >= 15 is 0 Å². The van der Waals surface area contributed by atoms with Gasteiger partial charge in [-0.15, -0.1) is 0 Å². The van der Waals surface area contributed by atoms with Crippen LogP contribution in [0.15, 0.2) is 24.3 Å². The first-order valence-electron chi connectivity index (χ1n) is 7.06. The van der Waals surface area contributed by atoms with E-state index in [2.05, 4.69) is 0 Å². The number of aliphatic hydroxyl groups is 1. The molecule has 118 valence electrons. The normalized spacial score (nSPS) is 19.7. The summed E-state index contributed by atoms with van der Waals surface area (Å²) in [6, 6.07) is 7.59. The molecule has 6 heteroatoms. The van der Waals surface area contributed by atoms with Crippen LogP contribution in [0.1, 0.15) is 24.8 Å². The highest BCUT2D eigenvalue weighted by Crippen LogP contribution is 2.38. The molecule has 1 N–H and O–H groups in total. The van der Waals surface area contributed by atoms with Crippen LogP contribution in [0.2, 0.25) is 5.02 Å². The fourth-order valence-electron chi connectivity index (χ4n) is 2.59. The number of nitrogens with zero attached hydrogens (tertiary/aromatic N) is 1. The number of hydrogen-bond acceptors (Lipinski definition) is 2. The van der Waals surface area contributed by atoms with Crippen LogP contribution in [-0.2, 0) is 6.42 Å². The number of benzene rings is 1. The summed E-state index contributed by atoms with van der Waals surface area (Å²) in [6.45, 7) is 1.32. The predicted molar refractivity (Wildman–Crippen MR) is 76.5 cm³/mol. The molecule has 0 radical (unpaired) electrons. The molecule has 0 aromatic heterocycles. The van der Waals surface area contributed by atoms with E-state index in [0.29, 0.717) is 5.02 Å². The predicted octanol–water partition coefficient (Wildman–Crippen LogP) is 3.66. The molecule has 1 aromatic carbocycles. The monoisotopic (exact) mass is 321 g/mol. The lowest BCUT2D eigenvalue weighted by Crippen LogP contribution is -2.53. The minimum Gasteiger partial charge on any atom is -0.380 e. The SMILES string of the molecule is OC1(C(F)(F)F)CCN(CCCc2ccc(Cl)cc2)CC1. The van der Waals surface area contributed by atoms with Crippen LogP contribution in [-0.4, -0.2) is 41.4 Å². The van der Waals surface area contributed by atoms with Crippen LogP contribution >= 0.6 is 11.6 Å². The van der Waals surface area contributed by atoms with Crippen molar-refractivity contribution < 1.29 is 18.3 Å². The van der Waals surface area contributed by atoms with Crippen molar-refractivity contribution in [1.29, 1.82) is 0 Å². The molecule has 0 bridgehead atoms. The molecule has 1 aliphatic heterocycles. The van der Waals surface area contributed by atoms with Crippen molar-refractivity contribution in [3.8, 4) is 0 Å². The Morgan fingerprint density at radius 2 is 1.71 bits per heavy atom. The molecule has 1 aromatic rings. The molecule has 1 heterocycles. The van der Waals surface area contributed by atoms with Crippen molar-refractivity contribution in [3.05, 3.63) is 34.9 Å². The van der Waals surface area contributed by atoms with Crippen molar-refractivity contribution in [1.82, 2.24) is 4.90 Å². The van der Waals surface area contributed by atoms with E-state index in [1.54, 1.807) is 0 Å². The average Bonchev–Trinajstić information content (AvgIpc) is 2.42. The van der Waals surface area contributed by atoms with Gasteiger partial charge in [0.15, 0.2) is 5.60 Å². The van der Waals surface area contributed by atoms with Gasteiger partial charge in [0.05, 0.1) is 0 Å². The standard InChI is InChI=1S/C15H19ClF3NO/c16-13-5-3-12(4-6-13)2-1-9-20-10-7-14(21,8-11-20)15(17,18)19/h3-6,21H,1-2,7-11H2. The van der Waals surface area contributed by atoms with Gasteiger partial charge in [-0.2, -0.15) is 13.2 Å². The van der Waals surface area contributed by atoms with Crippen LogP contribution in [0.3, 0.4) is 0 Å². The molecule has 1 aliphatic rings. The van der Waals surface area contributed by atoms with Gasteiger partial charge < -0.3 is 10.0 Å². The van der Waals surface area contributed by atoms with Crippen molar-refractivity contribution in [2.75, 3.05) is 19.6 Å². The van der Waals surface area contributed by atoms with Gasteiger partial charge >= 0.3 is 6.18 Å². The summed E-state index contributed by atoms with van der Waals surface area (Å²) < 4.78 is 38.0. The second-order valence-corrected chi connectivity index (χ2v) is 6.04. The Hall–Kier alpha value is -0.780. The maximum Gasteiger partial charge on any atom is 0.417 e. The Kier molecular flexibility index (Phi) is 5.17. The molecule has 1 saturated heterocycles. The largest absolute Gasteiger partial charge is 0.417 e. The number of alkyl halides is 3. The van der Waals surface area contributed by atoms with Crippen LogP contribution in [0.4, 0.5) is 13.2 Å². The van der Waals surface area contributed by atoms with Crippen molar-refractivity contribution in [2.24, 2.45) is 0 Å². The van der Waals surface area contributed by atoms with Gasteiger partial charge in [-0.25, -0.2) is 0 Å². The van der Waals surface area contributed by atoms with E-state index in [0.717, 1.165) is 19.4 Å². The first-order chi connectivity index (χ1) is 9.80. The lowest BCUT2D eigenvalue weighted by atomic mass is 9.90. The second-order valence-electron chi connectivity index (χ2n) is 5.60. The second kappa shape index (κ2) is 6.55. The Labute approximate surface area is 127 Å². The van der Waals surface area contributed by atoms with Crippen molar-refractivity contribution in [2.45, 2.75) is 37.5 Å². The Morgan fingerprint density at radius 3 is 2.24 bits per heavy atom. The van der Waals surface area contributed by atoms with Crippen LogP contribution in [0.25, 0.3) is 0 Å². The molecule has 0 saturated carbocycles. The Bertz CT molecular complexity index is 453. The van der Waals surface area contributed by atoms with Crippen molar-refractivity contribution in [3.63, 3.8) is 0 Å². The summed E-state index contributed by atoms with van der Waals surface area (Å²) in [5.41, 5.74) is -1.33. The summed E-state index contributed by atoms with van der Waals surface area (Å²) in [4.78, 5) is 1.98. The molecular formula is C15H19ClF3NO. The van der Waals surface area contributed by atoms with Gasteiger partial charge in [0.2, 0.25) is 0 Å². The molecule has 2 rings (SSSR count). The summed E-state index contributed by atoms with van der Waals surface area (Å²) in [6.07, 6.45) is -3.25. The fourth-order valence-corrected chi connectivity index (χ4v) is 2.71. The highest BCUT2D eigenvalue weighted by atomic mass is 35.5. The van der Waals surface area contributed by atoms with Crippen LogP contribution < -0.4 is 0 Å². The van der Waals surface area contributed by atoms with E-state index in [-0.39, 0.29) is 25.9 Å². The molecule has 0 atom stereocenters. The smallest absolute Gasteiger partial charge is 0.380 e. The van der Waals surface area contributed by atoms with Gasteiger partial charge in [-0.1, -0.05) is 23.7 Å². The van der Waals surface area contributed by atoms with Crippen LogP contribution in [0.5, 0.6) is 0 Å². The van der Waals surface area contributed by atoms with Crippen molar-refractivity contribution >= 4 is 11.6 Å². The molecule has 0 amide bonds. The Morgan fingerprint density at radius 1 is 1.14 bits per heavy atom. The van der Waals surface area contributed by atoms with E-state index in [4.69, 9.17) is 11.6 Å². The van der Waals surface area contributed by atoms with Crippen LogP contribution in [0, 0.1) is 0 Å². The van der Waals surface area contributed by atoms with Gasteiger partial charge in [0.25, 0.3) is 0 Å². The van der Waals surface area contributed by atoms with Gasteiger partial charge in [-0.05, 0) is 49.9 Å². The Balaban J connectivity index is 1.73. The first-order valence-corrected chi connectivity index (χ1v) is 7.44. The van der Waals surface area contributed by atoms with E-state index < -0.39 is 11.8 Å². The fraction of sp³-hybridized carbons (Fsp3) is 0.600. The number of halogens is 4. The van der Waals surface area contributed by atoms with E-state index in [1.807, 2.05) is 29.2 Å². The number of rotatable bonds is 4. The van der Waals surface area contributed by atoms with Gasteiger partial charge in [0, 0.05) is 18.1 Å². The summed E-state index contributed by atoms with van der Waals surface area (Å²) >= 11 is 5.81. The van der Waals surface area contributed by atoms with Gasteiger partial charge in [0.1, 0.15) is 0 Å². The maximum atomic E-state index is 12.7. The third kappa shape index (κ3) is 4.34. The first kappa shape index (κ1) is 16.6. The third-order valence-corrected chi connectivity index (χ3v) is 4.32. The maximum absolute atomic E-state index is 12.7. The molecular weight excluding hydrogens is 303 g/mol. The summed E-state index contributed by atoms with van der Waals surface area (Å²) in [7, 11) is 0. The van der Waals surface area contributed by atoms with E-state index in [1.165, 1.54) is 5.56 Å². The molecule has 21 heavy (non-hydrogen) atoms.